The molecule has 4 aromatic rings. The second-order valence-electron chi connectivity index (χ2n) is 8.43. The molecule has 2 aromatic carbocycles. The summed E-state index contributed by atoms with van der Waals surface area (Å²) in [6.45, 7) is 0.338. The summed E-state index contributed by atoms with van der Waals surface area (Å²) in [6.07, 6.45) is 4.41. The first kappa shape index (κ1) is 22.5. The molecular weight excluding hydrogens is 442 g/mol. The van der Waals surface area contributed by atoms with E-state index in [1.54, 1.807) is 23.4 Å². The number of hydrogen-bond acceptors (Lipinski definition) is 6. The van der Waals surface area contributed by atoms with Crippen molar-refractivity contribution < 1.29 is 14.7 Å². The standard InChI is InChI=1S/C27H25N5O3/c33-17-21-9-10-26(34)32(21)25-13-18(11-12-28-25)15-29-23-8-4-3-7-22(23)27(35)31-24-14-19-5-1-2-6-20(19)16-30-24/h1-8,11-14,16,21,29,33H,9-10,15,17H2,(H,30,31,35). The molecule has 0 saturated carbocycles. The minimum Gasteiger partial charge on any atom is -0.394 e. The van der Waals surface area contributed by atoms with Gasteiger partial charge in [-0.15, -0.1) is 0 Å². The fourth-order valence-corrected chi connectivity index (χ4v) is 4.30. The van der Waals surface area contributed by atoms with Gasteiger partial charge >= 0.3 is 0 Å². The number of amides is 2. The van der Waals surface area contributed by atoms with Gasteiger partial charge in [0, 0.05) is 36.4 Å². The molecule has 1 aliphatic rings. The van der Waals surface area contributed by atoms with E-state index in [1.807, 2.05) is 60.7 Å². The number of anilines is 3. The summed E-state index contributed by atoms with van der Waals surface area (Å²) < 4.78 is 0. The number of aromatic nitrogens is 2. The van der Waals surface area contributed by atoms with E-state index < -0.39 is 0 Å². The summed E-state index contributed by atoms with van der Waals surface area (Å²) in [5.41, 5.74) is 2.07. The molecule has 2 amide bonds. The first-order valence-electron chi connectivity index (χ1n) is 11.5. The van der Waals surface area contributed by atoms with Crippen molar-refractivity contribution in [1.82, 2.24) is 9.97 Å². The molecule has 0 radical (unpaired) electrons. The van der Waals surface area contributed by atoms with Crippen LogP contribution in [0.1, 0.15) is 28.8 Å². The largest absolute Gasteiger partial charge is 0.394 e. The molecule has 8 nitrogen and oxygen atoms in total. The van der Waals surface area contributed by atoms with Gasteiger partial charge in [0.05, 0.1) is 18.2 Å². The predicted octanol–water partition coefficient (Wildman–Crippen LogP) is 3.98. The van der Waals surface area contributed by atoms with Gasteiger partial charge in [0.15, 0.2) is 0 Å². The van der Waals surface area contributed by atoms with Crippen LogP contribution >= 0.6 is 0 Å². The van der Waals surface area contributed by atoms with Crippen LogP contribution in [-0.2, 0) is 11.3 Å². The van der Waals surface area contributed by atoms with Gasteiger partial charge in [-0.3, -0.25) is 14.5 Å². The molecule has 1 aliphatic heterocycles. The van der Waals surface area contributed by atoms with Crippen LogP contribution in [0.2, 0.25) is 0 Å². The molecule has 5 rings (SSSR count). The van der Waals surface area contributed by atoms with Gasteiger partial charge in [-0.05, 0) is 47.7 Å². The summed E-state index contributed by atoms with van der Waals surface area (Å²) in [5.74, 6) is 0.709. The molecule has 3 heterocycles. The third kappa shape index (κ3) is 4.83. The van der Waals surface area contributed by atoms with Crippen molar-refractivity contribution in [3.05, 3.63) is 90.3 Å². The van der Waals surface area contributed by atoms with E-state index in [2.05, 4.69) is 20.6 Å². The first-order chi connectivity index (χ1) is 17.1. The summed E-state index contributed by atoms with van der Waals surface area (Å²) >= 11 is 0. The lowest BCUT2D eigenvalue weighted by molar-refractivity contribution is -0.117. The van der Waals surface area contributed by atoms with Crippen molar-refractivity contribution in [3.63, 3.8) is 0 Å². The highest BCUT2D eigenvalue weighted by Gasteiger charge is 2.32. The zero-order valence-corrected chi connectivity index (χ0v) is 19.0. The van der Waals surface area contributed by atoms with E-state index in [4.69, 9.17) is 0 Å². The maximum Gasteiger partial charge on any atom is 0.258 e. The number of nitrogens with one attached hydrogen (secondary N) is 2. The summed E-state index contributed by atoms with van der Waals surface area (Å²) in [5, 5.41) is 17.8. The van der Waals surface area contributed by atoms with E-state index in [1.165, 1.54) is 0 Å². The second kappa shape index (κ2) is 9.90. The highest BCUT2D eigenvalue weighted by atomic mass is 16.3. The van der Waals surface area contributed by atoms with Crippen LogP contribution in [0.3, 0.4) is 0 Å². The van der Waals surface area contributed by atoms with Crippen molar-refractivity contribution in [2.24, 2.45) is 0 Å². The number of nitrogens with zero attached hydrogens (tertiary/aromatic N) is 3. The molecule has 176 valence electrons. The molecule has 8 heteroatoms. The molecule has 1 unspecified atom stereocenters. The van der Waals surface area contributed by atoms with Gasteiger partial charge in [0.1, 0.15) is 11.6 Å². The highest BCUT2D eigenvalue weighted by molar-refractivity contribution is 6.08. The van der Waals surface area contributed by atoms with Crippen LogP contribution in [-0.4, -0.2) is 39.5 Å². The fraction of sp³-hybridized carbons (Fsp3) is 0.185. The van der Waals surface area contributed by atoms with Crippen LogP contribution in [0.4, 0.5) is 17.3 Å². The van der Waals surface area contributed by atoms with Gasteiger partial charge < -0.3 is 15.7 Å². The fourth-order valence-electron chi connectivity index (χ4n) is 4.30. The Morgan fingerprint density at radius 1 is 1.03 bits per heavy atom. The van der Waals surface area contributed by atoms with Crippen molar-refractivity contribution in [2.75, 3.05) is 22.1 Å². The number of carbonyl (C=O) groups excluding carboxylic acids is 2. The Hall–Kier alpha value is -4.30. The predicted molar refractivity (Wildman–Crippen MR) is 135 cm³/mol. The smallest absolute Gasteiger partial charge is 0.258 e. The number of para-hydroxylation sites is 1. The Labute approximate surface area is 202 Å². The average Bonchev–Trinajstić information content (AvgIpc) is 3.28. The maximum absolute atomic E-state index is 13.0. The van der Waals surface area contributed by atoms with Crippen molar-refractivity contribution in [3.8, 4) is 0 Å². The zero-order valence-electron chi connectivity index (χ0n) is 19.0. The van der Waals surface area contributed by atoms with Crippen LogP contribution in [0.15, 0.2) is 79.1 Å². The van der Waals surface area contributed by atoms with Crippen LogP contribution in [0.25, 0.3) is 10.8 Å². The number of aliphatic hydroxyl groups is 1. The van der Waals surface area contributed by atoms with Gasteiger partial charge in [-0.2, -0.15) is 0 Å². The number of fused-ring (bicyclic) bond motifs is 1. The summed E-state index contributed by atoms with van der Waals surface area (Å²) in [4.78, 5) is 35.6. The first-order valence-corrected chi connectivity index (χ1v) is 11.5. The molecule has 1 atom stereocenters. The molecule has 0 bridgehead atoms. The van der Waals surface area contributed by atoms with Crippen molar-refractivity contribution in [1.29, 1.82) is 0 Å². The van der Waals surface area contributed by atoms with Crippen LogP contribution in [0.5, 0.6) is 0 Å². The molecule has 1 saturated heterocycles. The monoisotopic (exact) mass is 467 g/mol. The van der Waals surface area contributed by atoms with E-state index in [0.717, 1.165) is 16.3 Å². The molecule has 2 aromatic heterocycles. The van der Waals surface area contributed by atoms with Crippen molar-refractivity contribution >= 4 is 39.9 Å². The lowest BCUT2D eigenvalue weighted by Crippen LogP contribution is -2.36. The average molecular weight is 468 g/mol. The third-order valence-electron chi connectivity index (χ3n) is 6.12. The minimum absolute atomic E-state index is 0.0361. The third-order valence-corrected chi connectivity index (χ3v) is 6.12. The van der Waals surface area contributed by atoms with Crippen LogP contribution in [0, 0.1) is 0 Å². The number of rotatable bonds is 7. The summed E-state index contributed by atoms with van der Waals surface area (Å²) in [7, 11) is 0. The van der Waals surface area contributed by atoms with Gasteiger partial charge in [-0.1, -0.05) is 36.4 Å². The van der Waals surface area contributed by atoms with E-state index in [9.17, 15) is 14.7 Å². The molecule has 1 fully saturated rings. The minimum atomic E-state index is -0.264. The zero-order chi connectivity index (χ0) is 24.2. The number of pyridine rings is 2. The summed E-state index contributed by atoms with van der Waals surface area (Å²) in [6, 6.07) is 20.4. The second-order valence-corrected chi connectivity index (χ2v) is 8.43. The van der Waals surface area contributed by atoms with E-state index >= 15 is 0 Å². The molecular formula is C27H25N5O3. The SMILES string of the molecule is O=C(Nc1cc2ccccc2cn1)c1ccccc1NCc1ccnc(N2C(=O)CCC2CO)c1. The van der Waals surface area contributed by atoms with Crippen LogP contribution < -0.4 is 15.5 Å². The Kier molecular flexibility index (Phi) is 6.36. The van der Waals surface area contributed by atoms with Gasteiger partial charge in [0.25, 0.3) is 5.91 Å². The van der Waals surface area contributed by atoms with E-state index in [0.29, 0.717) is 42.3 Å². The molecule has 0 aliphatic carbocycles. The normalized spacial score (nSPS) is 15.4. The topological polar surface area (TPSA) is 107 Å². The molecule has 3 N–H and O–H groups in total. The number of aliphatic hydroxyl groups excluding tert-OH is 1. The molecule has 0 spiro atoms. The maximum atomic E-state index is 13.0. The molecule has 35 heavy (non-hydrogen) atoms. The Bertz CT molecular complexity index is 1390. The number of hydrogen-bond donors (Lipinski definition) is 3. The lowest BCUT2D eigenvalue weighted by Gasteiger charge is -2.22. The van der Waals surface area contributed by atoms with Gasteiger partial charge in [0.2, 0.25) is 5.91 Å². The number of carbonyl (C=O) groups is 2. The Morgan fingerprint density at radius 3 is 2.69 bits per heavy atom. The van der Waals surface area contributed by atoms with E-state index in [-0.39, 0.29) is 24.5 Å². The van der Waals surface area contributed by atoms with Gasteiger partial charge in [-0.25, -0.2) is 9.97 Å². The number of benzene rings is 2. The Balaban J connectivity index is 1.31. The quantitative estimate of drug-likeness (QED) is 0.380. The Morgan fingerprint density at radius 2 is 1.83 bits per heavy atom. The van der Waals surface area contributed by atoms with Crippen molar-refractivity contribution in [2.45, 2.75) is 25.4 Å². The lowest BCUT2D eigenvalue weighted by atomic mass is 10.1. The highest BCUT2D eigenvalue weighted by Crippen LogP contribution is 2.26.